The lowest BCUT2D eigenvalue weighted by Gasteiger charge is -2.31. The third-order valence-electron chi connectivity index (χ3n) is 4.47. The van der Waals surface area contributed by atoms with Crippen LogP contribution in [0.25, 0.3) is 11.5 Å². The average molecular weight is 413 g/mol. The first-order valence-corrected chi connectivity index (χ1v) is 9.28. The number of hydrogen-bond donors (Lipinski definition) is 0. The van der Waals surface area contributed by atoms with Crippen molar-refractivity contribution in [1.29, 1.82) is 0 Å². The van der Waals surface area contributed by atoms with Gasteiger partial charge in [0.05, 0.1) is 11.5 Å². The molecule has 0 radical (unpaired) electrons. The van der Waals surface area contributed by atoms with Crippen LogP contribution >= 0.6 is 15.9 Å². The van der Waals surface area contributed by atoms with Crippen LogP contribution in [0.2, 0.25) is 0 Å². The Labute approximate surface area is 159 Å². The van der Waals surface area contributed by atoms with Gasteiger partial charge in [0, 0.05) is 35.5 Å². The first kappa shape index (κ1) is 16.9. The molecule has 3 aromatic rings. The smallest absolute Gasteiger partial charge is 0.255 e. The van der Waals surface area contributed by atoms with E-state index in [1.54, 1.807) is 18.5 Å². The van der Waals surface area contributed by atoms with Crippen molar-refractivity contribution in [2.24, 2.45) is 0 Å². The zero-order valence-electron chi connectivity index (χ0n) is 14.0. The van der Waals surface area contributed by atoms with Gasteiger partial charge in [-0.1, -0.05) is 18.2 Å². The highest BCUT2D eigenvalue weighted by Crippen LogP contribution is 2.29. The SMILES string of the molecule is O=C(c1cncc(Br)c1)N1CCCC(c2nnc(-c3ccccc3)o2)C1. The maximum absolute atomic E-state index is 12.8. The van der Waals surface area contributed by atoms with Crippen LogP contribution in [0, 0.1) is 0 Å². The molecule has 0 bridgehead atoms. The lowest BCUT2D eigenvalue weighted by molar-refractivity contribution is 0.0698. The van der Waals surface area contributed by atoms with E-state index < -0.39 is 0 Å². The third kappa shape index (κ3) is 3.53. The maximum Gasteiger partial charge on any atom is 0.255 e. The minimum atomic E-state index is -0.0219. The van der Waals surface area contributed by atoms with E-state index in [4.69, 9.17) is 4.42 Å². The van der Waals surface area contributed by atoms with Gasteiger partial charge in [0.1, 0.15) is 0 Å². The van der Waals surface area contributed by atoms with Crippen molar-refractivity contribution >= 4 is 21.8 Å². The number of carbonyl (C=O) groups excluding carboxylic acids is 1. The van der Waals surface area contributed by atoms with Gasteiger partial charge >= 0.3 is 0 Å². The second-order valence-electron chi connectivity index (χ2n) is 6.29. The largest absolute Gasteiger partial charge is 0.420 e. The molecule has 1 amide bonds. The molecule has 1 aliphatic rings. The fourth-order valence-corrected chi connectivity index (χ4v) is 3.54. The van der Waals surface area contributed by atoms with E-state index >= 15 is 0 Å². The molecule has 7 heteroatoms. The molecule has 0 saturated carbocycles. The van der Waals surface area contributed by atoms with E-state index in [1.807, 2.05) is 35.2 Å². The predicted molar refractivity (Wildman–Crippen MR) is 99.5 cm³/mol. The van der Waals surface area contributed by atoms with E-state index in [-0.39, 0.29) is 11.8 Å². The number of pyridine rings is 1. The van der Waals surface area contributed by atoms with Crippen LogP contribution in [-0.2, 0) is 0 Å². The van der Waals surface area contributed by atoms with Gasteiger partial charge < -0.3 is 9.32 Å². The molecule has 1 aliphatic heterocycles. The number of nitrogens with zero attached hydrogens (tertiary/aromatic N) is 4. The monoisotopic (exact) mass is 412 g/mol. The number of piperidine rings is 1. The van der Waals surface area contributed by atoms with Gasteiger partial charge in [0.15, 0.2) is 0 Å². The van der Waals surface area contributed by atoms with Gasteiger partial charge in [-0.25, -0.2) is 0 Å². The summed E-state index contributed by atoms with van der Waals surface area (Å²) in [6, 6.07) is 11.5. The molecule has 1 fully saturated rings. The number of halogens is 1. The molecule has 26 heavy (non-hydrogen) atoms. The number of hydrogen-bond acceptors (Lipinski definition) is 5. The molecule has 1 unspecified atom stereocenters. The second kappa shape index (κ2) is 7.37. The van der Waals surface area contributed by atoms with Crippen molar-refractivity contribution in [3.05, 3.63) is 64.7 Å². The van der Waals surface area contributed by atoms with E-state index in [2.05, 4.69) is 31.1 Å². The van der Waals surface area contributed by atoms with E-state index in [0.717, 1.165) is 29.4 Å². The zero-order chi connectivity index (χ0) is 17.9. The fraction of sp³-hybridized carbons (Fsp3) is 0.263. The topological polar surface area (TPSA) is 72.1 Å². The Morgan fingerprint density at radius 3 is 2.85 bits per heavy atom. The summed E-state index contributed by atoms with van der Waals surface area (Å²) in [4.78, 5) is 18.7. The van der Waals surface area contributed by atoms with Crippen LogP contribution in [0.5, 0.6) is 0 Å². The lowest BCUT2D eigenvalue weighted by Crippen LogP contribution is -2.39. The Balaban J connectivity index is 1.50. The highest BCUT2D eigenvalue weighted by atomic mass is 79.9. The van der Waals surface area contributed by atoms with Crippen molar-refractivity contribution in [3.8, 4) is 11.5 Å². The third-order valence-corrected chi connectivity index (χ3v) is 4.90. The van der Waals surface area contributed by atoms with Crippen molar-refractivity contribution < 1.29 is 9.21 Å². The van der Waals surface area contributed by atoms with Gasteiger partial charge in [0.25, 0.3) is 5.91 Å². The summed E-state index contributed by atoms with van der Waals surface area (Å²) in [5, 5.41) is 8.39. The van der Waals surface area contributed by atoms with Crippen LogP contribution in [0.15, 0.2) is 57.7 Å². The zero-order valence-corrected chi connectivity index (χ0v) is 15.6. The van der Waals surface area contributed by atoms with Crippen LogP contribution < -0.4 is 0 Å². The second-order valence-corrected chi connectivity index (χ2v) is 7.21. The number of likely N-dealkylation sites (tertiary alicyclic amines) is 1. The van der Waals surface area contributed by atoms with E-state index in [1.165, 1.54) is 0 Å². The molecule has 1 aromatic carbocycles. The van der Waals surface area contributed by atoms with E-state index in [0.29, 0.717) is 23.9 Å². The van der Waals surface area contributed by atoms with Crippen LogP contribution in [-0.4, -0.2) is 39.1 Å². The molecule has 132 valence electrons. The van der Waals surface area contributed by atoms with Crippen LogP contribution in [0.1, 0.15) is 35.0 Å². The highest BCUT2D eigenvalue weighted by molar-refractivity contribution is 9.10. The summed E-state index contributed by atoms with van der Waals surface area (Å²) in [5.74, 6) is 1.14. The number of amides is 1. The summed E-state index contributed by atoms with van der Waals surface area (Å²) in [6.07, 6.45) is 5.09. The Morgan fingerprint density at radius 1 is 1.19 bits per heavy atom. The first-order valence-electron chi connectivity index (χ1n) is 8.49. The number of benzene rings is 1. The Kier molecular flexibility index (Phi) is 4.79. The maximum atomic E-state index is 12.8. The summed E-state index contributed by atoms with van der Waals surface area (Å²) in [6.45, 7) is 1.29. The quantitative estimate of drug-likeness (QED) is 0.651. The van der Waals surface area contributed by atoms with Crippen molar-refractivity contribution in [3.63, 3.8) is 0 Å². The molecule has 1 saturated heterocycles. The van der Waals surface area contributed by atoms with Crippen LogP contribution in [0.3, 0.4) is 0 Å². The van der Waals surface area contributed by atoms with Crippen molar-refractivity contribution in [2.45, 2.75) is 18.8 Å². The Hall–Kier alpha value is -2.54. The average Bonchev–Trinajstić information content (AvgIpc) is 3.18. The molecule has 1 atom stereocenters. The normalized spacial score (nSPS) is 17.3. The first-order chi connectivity index (χ1) is 12.7. The standard InChI is InChI=1S/C19H17BrN4O2/c20-16-9-15(10-21-11-16)19(25)24-8-4-7-14(12-24)18-23-22-17(26-18)13-5-2-1-3-6-13/h1-3,5-6,9-11,14H,4,7-8,12H2. The lowest BCUT2D eigenvalue weighted by atomic mass is 9.97. The van der Waals surface area contributed by atoms with Gasteiger partial charge in [-0.05, 0) is 47.0 Å². The molecule has 4 rings (SSSR count). The molecule has 6 nitrogen and oxygen atoms in total. The number of aromatic nitrogens is 3. The van der Waals surface area contributed by atoms with Crippen LogP contribution in [0.4, 0.5) is 0 Å². The Bertz CT molecular complexity index is 913. The van der Waals surface area contributed by atoms with E-state index in [9.17, 15) is 4.79 Å². The minimum absolute atomic E-state index is 0.0219. The summed E-state index contributed by atoms with van der Waals surface area (Å²) in [7, 11) is 0. The molecule has 0 N–H and O–H groups in total. The number of rotatable bonds is 3. The predicted octanol–water partition coefficient (Wildman–Crippen LogP) is 3.91. The Morgan fingerprint density at radius 2 is 2.04 bits per heavy atom. The molecular formula is C19H17BrN4O2. The molecule has 0 spiro atoms. The number of carbonyl (C=O) groups is 1. The molecule has 3 heterocycles. The van der Waals surface area contributed by atoms with Gasteiger partial charge in [0.2, 0.25) is 11.8 Å². The summed E-state index contributed by atoms with van der Waals surface area (Å²) >= 11 is 3.36. The van der Waals surface area contributed by atoms with Gasteiger partial charge in [-0.2, -0.15) is 0 Å². The fourth-order valence-electron chi connectivity index (χ4n) is 3.17. The summed E-state index contributed by atoms with van der Waals surface area (Å²) < 4.78 is 6.67. The molecule has 2 aromatic heterocycles. The summed E-state index contributed by atoms with van der Waals surface area (Å²) in [5.41, 5.74) is 1.48. The highest BCUT2D eigenvalue weighted by Gasteiger charge is 2.29. The molecular weight excluding hydrogens is 396 g/mol. The minimum Gasteiger partial charge on any atom is -0.420 e. The van der Waals surface area contributed by atoms with Gasteiger partial charge in [-0.15, -0.1) is 10.2 Å². The van der Waals surface area contributed by atoms with Crippen molar-refractivity contribution in [1.82, 2.24) is 20.1 Å². The van der Waals surface area contributed by atoms with Crippen molar-refractivity contribution in [2.75, 3.05) is 13.1 Å². The molecule has 0 aliphatic carbocycles. The van der Waals surface area contributed by atoms with Gasteiger partial charge in [-0.3, -0.25) is 9.78 Å².